The van der Waals surface area contributed by atoms with Crippen LogP contribution in [0.4, 0.5) is 17.3 Å². The van der Waals surface area contributed by atoms with Crippen LogP contribution in [0, 0.1) is 0 Å². The average molecular weight is 472 g/mol. The predicted octanol–water partition coefficient (Wildman–Crippen LogP) is 3.46. The number of hydrogen-bond acceptors (Lipinski definition) is 7. The lowest BCUT2D eigenvalue weighted by Crippen LogP contribution is -2.48. The summed E-state index contributed by atoms with van der Waals surface area (Å²) in [5.41, 5.74) is 2.29. The second-order valence-electron chi connectivity index (χ2n) is 9.26. The highest BCUT2D eigenvalue weighted by molar-refractivity contribution is 5.78. The summed E-state index contributed by atoms with van der Waals surface area (Å²) in [6.07, 6.45) is 3.68. The van der Waals surface area contributed by atoms with Crippen molar-refractivity contribution >= 4 is 34.3 Å². The number of pyridine rings is 1. The minimum atomic E-state index is -1.03. The Morgan fingerprint density at radius 1 is 1.00 bits per heavy atom. The van der Waals surface area contributed by atoms with Gasteiger partial charge in [0.15, 0.2) is 5.65 Å². The van der Waals surface area contributed by atoms with Crippen molar-refractivity contribution in [2.24, 2.45) is 0 Å². The third kappa shape index (κ3) is 4.81. The van der Waals surface area contributed by atoms with Crippen LogP contribution in [0.3, 0.4) is 0 Å². The van der Waals surface area contributed by atoms with Crippen LogP contribution in [0.2, 0.25) is 0 Å². The number of aliphatic hydroxyl groups is 1. The van der Waals surface area contributed by atoms with Crippen molar-refractivity contribution in [3.05, 3.63) is 66.6 Å². The first-order chi connectivity index (χ1) is 16.8. The van der Waals surface area contributed by atoms with E-state index >= 15 is 0 Å². The van der Waals surface area contributed by atoms with Crippen molar-refractivity contribution in [1.82, 2.24) is 24.4 Å². The first-order valence-electron chi connectivity index (χ1n) is 11.7. The van der Waals surface area contributed by atoms with Crippen LogP contribution < -0.4 is 10.2 Å². The molecule has 1 aliphatic heterocycles. The Bertz CT molecular complexity index is 1350. The molecular formula is C26H29N7O2. The molecule has 1 fully saturated rings. The van der Waals surface area contributed by atoms with E-state index in [1.54, 1.807) is 27.0 Å². The fraction of sp³-hybridized carbons (Fsp3) is 0.308. The molecule has 1 aliphatic rings. The molecule has 0 radical (unpaired) electrons. The number of carbonyl (C=O) groups excluding carboxylic acids is 1. The van der Waals surface area contributed by atoms with Gasteiger partial charge in [0.2, 0.25) is 11.9 Å². The SMILES string of the molecule is CC(=O)N1CCN(c2ccc(Nc3ncc4ccn(-c5cccc(C(C)(C)O)n5)c4n3)cc2)CC1. The monoisotopic (exact) mass is 471 g/mol. The highest BCUT2D eigenvalue weighted by atomic mass is 16.3. The van der Waals surface area contributed by atoms with Crippen molar-refractivity contribution in [2.75, 3.05) is 36.4 Å². The van der Waals surface area contributed by atoms with E-state index in [4.69, 9.17) is 4.98 Å². The molecule has 2 N–H and O–H groups in total. The molecule has 0 atom stereocenters. The van der Waals surface area contributed by atoms with E-state index in [0.717, 1.165) is 48.6 Å². The van der Waals surface area contributed by atoms with Crippen LogP contribution in [0.15, 0.2) is 60.9 Å². The van der Waals surface area contributed by atoms with E-state index < -0.39 is 5.60 Å². The fourth-order valence-electron chi connectivity index (χ4n) is 4.23. The number of amides is 1. The van der Waals surface area contributed by atoms with E-state index in [1.807, 2.05) is 52.1 Å². The summed E-state index contributed by atoms with van der Waals surface area (Å²) in [7, 11) is 0. The molecule has 0 bridgehead atoms. The number of rotatable bonds is 5. The number of nitrogens with zero attached hydrogens (tertiary/aromatic N) is 6. The number of nitrogens with one attached hydrogen (secondary N) is 1. The lowest BCUT2D eigenvalue weighted by Gasteiger charge is -2.35. The molecule has 0 saturated carbocycles. The zero-order valence-electron chi connectivity index (χ0n) is 20.1. The van der Waals surface area contributed by atoms with E-state index in [1.165, 1.54) is 0 Å². The molecule has 5 rings (SSSR count). The quantitative estimate of drug-likeness (QED) is 0.460. The first-order valence-corrected chi connectivity index (χ1v) is 11.7. The number of benzene rings is 1. The first kappa shape index (κ1) is 22.8. The maximum Gasteiger partial charge on any atom is 0.229 e. The third-order valence-corrected chi connectivity index (χ3v) is 6.25. The average Bonchev–Trinajstić information content (AvgIpc) is 3.27. The molecule has 0 unspecified atom stereocenters. The Balaban J connectivity index is 1.34. The summed E-state index contributed by atoms with van der Waals surface area (Å²) in [6.45, 7) is 8.20. The fourth-order valence-corrected chi connectivity index (χ4v) is 4.23. The molecule has 35 heavy (non-hydrogen) atoms. The zero-order valence-corrected chi connectivity index (χ0v) is 20.1. The van der Waals surface area contributed by atoms with Gasteiger partial charge < -0.3 is 20.2 Å². The van der Waals surface area contributed by atoms with Crippen LogP contribution in [0.1, 0.15) is 26.5 Å². The van der Waals surface area contributed by atoms with Crippen LogP contribution >= 0.6 is 0 Å². The molecule has 9 heteroatoms. The standard InChI is InChI=1S/C26H29N7O2/c1-18(34)31-13-15-32(16-14-31)21-9-7-20(8-10-21)28-25-27-17-19-11-12-33(24(19)30-25)23-6-4-5-22(29-23)26(2,3)35/h4-12,17,35H,13-16H2,1-3H3,(H,27,28,30). The zero-order chi connectivity index (χ0) is 24.6. The van der Waals surface area contributed by atoms with Gasteiger partial charge in [-0.2, -0.15) is 4.98 Å². The largest absolute Gasteiger partial charge is 0.384 e. The number of piperazine rings is 1. The van der Waals surface area contributed by atoms with Gasteiger partial charge in [-0.05, 0) is 56.3 Å². The van der Waals surface area contributed by atoms with Crippen molar-refractivity contribution in [3.63, 3.8) is 0 Å². The molecule has 3 aromatic heterocycles. The van der Waals surface area contributed by atoms with Crippen molar-refractivity contribution in [2.45, 2.75) is 26.4 Å². The Morgan fingerprint density at radius 3 is 2.43 bits per heavy atom. The maximum absolute atomic E-state index is 11.6. The van der Waals surface area contributed by atoms with Gasteiger partial charge in [0.25, 0.3) is 0 Å². The minimum absolute atomic E-state index is 0.132. The summed E-state index contributed by atoms with van der Waals surface area (Å²) < 4.78 is 1.89. The molecule has 1 aromatic carbocycles. The molecular weight excluding hydrogens is 442 g/mol. The van der Waals surface area contributed by atoms with Gasteiger partial charge in [0.05, 0.1) is 5.69 Å². The van der Waals surface area contributed by atoms with Gasteiger partial charge in [-0.3, -0.25) is 9.36 Å². The van der Waals surface area contributed by atoms with Crippen LogP contribution in [0.5, 0.6) is 0 Å². The predicted molar refractivity (Wildman–Crippen MR) is 136 cm³/mol. The second-order valence-corrected chi connectivity index (χ2v) is 9.26. The Kier molecular flexibility index (Phi) is 5.86. The number of carbonyl (C=O) groups is 1. The molecule has 1 saturated heterocycles. The molecule has 4 heterocycles. The molecule has 9 nitrogen and oxygen atoms in total. The highest BCUT2D eigenvalue weighted by Gasteiger charge is 2.20. The normalized spacial score (nSPS) is 14.4. The van der Waals surface area contributed by atoms with Crippen molar-refractivity contribution in [3.8, 4) is 5.82 Å². The van der Waals surface area contributed by atoms with Crippen LogP contribution in [0.25, 0.3) is 16.9 Å². The summed E-state index contributed by atoms with van der Waals surface area (Å²) >= 11 is 0. The minimum Gasteiger partial charge on any atom is -0.384 e. The smallest absolute Gasteiger partial charge is 0.229 e. The highest BCUT2D eigenvalue weighted by Crippen LogP contribution is 2.24. The van der Waals surface area contributed by atoms with Gasteiger partial charge >= 0.3 is 0 Å². The molecule has 0 aliphatic carbocycles. The molecule has 1 amide bonds. The van der Waals surface area contributed by atoms with Gasteiger partial charge in [-0.1, -0.05) is 6.07 Å². The Morgan fingerprint density at radius 2 is 1.74 bits per heavy atom. The second kappa shape index (κ2) is 8.99. The van der Waals surface area contributed by atoms with Crippen LogP contribution in [-0.2, 0) is 10.4 Å². The maximum atomic E-state index is 11.6. The number of anilines is 3. The number of hydrogen-bond donors (Lipinski definition) is 2. The van der Waals surface area contributed by atoms with E-state index in [-0.39, 0.29) is 5.91 Å². The van der Waals surface area contributed by atoms with Crippen LogP contribution in [-0.4, -0.2) is 61.6 Å². The summed E-state index contributed by atoms with van der Waals surface area (Å²) in [5, 5.41) is 14.5. The summed E-state index contributed by atoms with van der Waals surface area (Å²) in [4.78, 5) is 29.5. The lowest BCUT2D eigenvalue weighted by atomic mass is 10.1. The Labute approximate surface area is 204 Å². The topological polar surface area (TPSA) is 99.4 Å². The van der Waals surface area contributed by atoms with Crippen molar-refractivity contribution < 1.29 is 9.90 Å². The summed E-state index contributed by atoms with van der Waals surface area (Å²) in [5.74, 6) is 1.30. The van der Waals surface area contributed by atoms with Gasteiger partial charge in [0.1, 0.15) is 11.4 Å². The third-order valence-electron chi connectivity index (χ3n) is 6.25. The van der Waals surface area contributed by atoms with E-state index in [0.29, 0.717) is 17.5 Å². The molecule has 4 aromatic rings. The number of aromatic nitrogens is 4. The van der Waals surface area contributed by atoms with E-state index in [2.05, 4.69) is 32.3 Å². The molecule has 0 spiro atoms. The summed E-state index contributed by atoms with van der Waals surface area (Å²) in [6, 6.07) is 15.7. The lowest BCUT2D eigenvalue weighted by molar-refractivity contribution is -0.129. The van der Waals surface area contributed by atoms with Gasteiger partial charge in [0, 0.05) is 62.3 Å². The van der Waals surface area contributed by atoms with Gasteiger partial charge in [-0.15, -0.1) is 0 Å². The number of fused-ring (bicyclic) bond motifs is 1. The van der Waals surface area contributed by atoms with E-state index in [9.17, 15) is 9.90 Å². The van der Waals surface area contributed by atoms with Crippen molar-refractivity contribution in [1.29, 1.82) is 0 Å². The Hall–Kier alpha value is -3.98. The van der Waals surface area contributed by atoms with Gasteiger partial charge in [-0.25, -0.2) is 9.97 Å². The molecule has 180 valence electrons.